The fraction of sp³-hybridized carbons (Fsp3) is 0.538. The van der Waals surface area contributed by atoms with Crippen molar-refractivity contribution in [3.63, 3.8) is 0 Å². The Kier molecular flexibility index (Phi) is 6.15. The Bertz CT molecular complexity index is 296. The molecule has 4 nitrogen and oxygen atoms in total. The van der Waals surface area contributed by atoms with Gasteiger partial charge in [-0.3, -0.25) is 0 Å². The summed E-state index contributed by atoms with van der Waals surface area (Å²) in [5.41, 5.74) is 0.643. The van der Waals surface area contributed by atoms with E-state index in [1.807, 2.05) is 32.0 Å². The maximum absolute atomic E-state index is 10.0. The van der Waals surface area contributed by atoms with Crippen LogP contribution < -0.4 is 0 Å². The number of aliphatic hydroxyl groups is 2. The minimum Gasteiger partial charge on any atom is -0.385 e. The SMILES string of the molecule is CCOC(OCC)C(O)C(O)c1ccccc1. The fourth-order valence-corrected chi connectivity index (χ4v) is 1.57. The zero-order valence-electron chi connectivity index (χ0n) is 10.2. The standard InChI is InChI=1S/C13H20O4/c1-3-16-13(17-4-2)12(15)11(14)10-8-6-5-7-9-10/h5-9,11-15H,3-4H2,1-2H3. The van der Waals surface area contributed by atoms with E-state index in [1.165, 1.54) is 0 Å². The Morgan fingerprint density at radius 3 is 2.00 bits per heavy atom. The molecule has 0 aromatic heterocycles. The molecule has 17 heavy (non-hydrogen) atoms. The van der Waals surface area contributed by atoms with Crippen LogP contribution >= 0.6 is 0 Å². The summed E-state index contributed by atoms with van der Waals surface area (Å²) >= 11 is 0. The first-order valence-corrected chi connectivity index (χ1v) is 5.85. The van der Waals surface area contributed by atoms with Gasteiger partial charge in [-0.25, -0.2) is 0 Å². The van der Waals surface area contributed by atoms with Crippen LogP contribution in [0.4, 0.5) is 0 Å². The Labute approximate surface area is 102 Å². The molecule has 1 aromatic rings. The van der Waals surface area contributed by atoms with Gasteiger partial charge in [-0.2, -0.15) is 0 Å². The molecule has 2 N–H and O–H groups in total. The van der Waals surface area contributed by atoms with E-state index in [2.05, 4.69) is 0 Å². The highest BCUT2D eigenvalue weighted by molar-refractivity contribution is 5.18. The van der Waals surface area contributed by atoms with Crippen LogP contribution in [-0.2, 0) is 9.47 Å². The van der Waals surface area contributed by atoms with Gasteiger partial charge in [0.2, 0.25) is 0 Å². The third-order valence-corrected chi connectivity index (χ3v) is 2.41. The highest BCUT2D eigenvalue weighted by atomic mass is 16.7. The van der Waals surface area contributed by atoms with E-state index in [-0.39, 0.29) is 0 Å². The molecule has 0 saturated heterocycles. The minimum atomic E-state index is -1.10. The average molecular weight is 240 g/mol. The highest BCUT2D eigenvalue weighted by Crippen LogP contribution is 2.20. The first kappa shape index (κ1) is 14.1. The number of benzene rings is 1. The van der Waals surface area contributed by atoms with Gasteiger partial charge < -0.3 is 19.7 Å². The molecule has 0 bridgehead atoms. The van der Waals surface area contributed by atoms with E-state index in [9.17, 15) is 10.2 Å². The molecule has 0 aliphatic heterocycles. The van der Waals surface area contributed by atoms with E-state index in [4.69, 9.17) is 9.47 Å². The molecule has 0 radical (unpaired) electrons. The smallest absolute Gasteiger partial charge is 0.186 e. The van der Waals surface area contributed by atoms with Crippen LogP contribution in [0.25, 0.3) is 0 Å². The van der Waals surface area contributed by atoms with Crippen LogP contribution in [0.2, 0.25) is 0 Å². The summed E-state index contributed by atoms with van der Waals surface area (Å²) in [5.74, 6) is 0. The summed E-state index contributed by atoms with van der Waals surface area (Å²) in [6, 6.07) is 8.97. The molecule has 1 aromatic carbocycles. The number of aliphatic hydroxyl groups excluding tert-OH is 2. The summed E-state index contributed by atoms with van der Waals surface area (Å²) in [6.07, 6.45) is -2.92. The van der Waals surface area contributed by atoms with Gasteiger partial charge in [-0.15, -0.1) is 0 Å². The van der Waals surface area contributed by atoms with E-state index >= 15 is 0 Å². The molecule has 0 amide bonds. The number of hydrogen-bond acceptors (Lipinski definition) is 4. The Hall–Kier alpha value is -0.940. The predicted molar refractivity (Wildman–Crippen MR) is 64.4 cm³/mol. The highest BCUT2D eigenvalue weighted by Gasteiger charge is 2.28. The topological polar surface area (TPSA) is 58.9 Å². The van der Waals surface area contributed by atoms with Gasteiger partial charge in [-0.1, -0.05) is 30.3 Å². The second-order valence-electron chi connectivity index (χ2n) is 3.63. The maximum atomic E-state index is 10.0. The van der Waals surface area contributed by atoms with Gasteiger partial charge in [0.1, 0.15) is 12.2 Å². The average Bonchev–Trinajstić information content (AvgIpc) is 2.38. The van der Waals surface area contributed by atoms with Crippen LogP contribution in [0.3, 0.4) is 0 Å². The molecule has 0 aliphatic rings. The lowest BCUT2D eigenvalue weighted by Crippen LogP contribution is -2.36. The largest absolute Gasteiger partial charge is 0.385 e. The van der Waals surface area contributed by atoms with Gasteiger partial charge >= 0.3 is 0 Å². The van der Waals surface area contributed by atoms with Crippen molar-refractivity contribution in [2.75, 3.05) is 13.2 Å². The minimum absolute atomic E-state index is 0.420. The van der Waals surface area contributed by atoms with Gasteiger partial charge in [0.05, 0.1) is 0 Å². The van der Waals surface area contributed by atoms with Crippen LogP contribution in [0, 0.1) is 0 Å². The van der Waals surface area contributed by atoms with Crippen molar-refractivity contribution in [1.82, 2.24) is 0 Å². The van der Waals surface area contributed by atoms with Crippen LogP contribution in [0.1, 0.15) is 25.5 Å². The van der Waals surface area contributed by atoms with E-state index in [0.717, 1.165) is 0 Å². The molecule has 4 heteroatoms. The summed E-state index contributed by atoms with van der Waals surface area (Å²) < 4.78 is 10.5. The lowest BCUT2D eigenvalue weighted by Gasteiger charge is -2.26. The third kappa shape index (κ3) is 4.09. The first-order valence-electron chi connectivity index (χ1n) is 5.85. The fourth-order valence-electron chi connectivity index (χ4n) is 1.57. The van der Waals surface area contributed by atoms with Crippen molar-refractivity contribution < 1.29 is 19.7 Å². The molecular formula is C13H20O4. The number of rotatable bonds is 7. The third-order valence-electron chi connectivity index (χ3n) is 2.41. The summed E-state index contributed by atoms with van der Waals surface area (Å²) in [7, 11) is 0. The van der Waals surface area contributed by atoms with Crippen molar-refractivity contribution in [1.29, 1.82) is 0 Å². The molecule has 0 aliphatic carbocycles. The van der Waals surface area contributed by atoms with Crippen LogP contribution in [0.15, 0.2) is 30.3 Å². The van der Waals surface area contributed by atoms with Gasteiger partial charge in [0.15, 0.2) is 6.29 Å². The number of ether oxygens (including phenoxy) is 2. The predicted octanol–water partition coefficient (Wildman–Crippen LogP) is 1.48. The second-order valence-corrected chi connectivity index (χ2v) is 3.63. The zero-order chi connectivity index (χ0) is 12.7. The summed E-state index contributed by atoms with van der Waals surface area (Å²) in [4.78, 5) is 0. The molecule has 0 saturated carbocycles. The molecule has 0 fully saturated rings. The van der Waals surface area contributed by atoms with Crippen molar-refractivity contribution in [2.45, 2.75) is 32.3 Å². The molecule has 0 spiro atoms. The number of hydrogen-bond donors (Lipinski definition) is 2. The Morgan fingerprint density at radius 2 is 1.53 bits per heavy atom. The van der Waals surface area contributed by atoms with Crippen molar-refractivity contribution in [3.8, 4) is 0 Å². The van der Waals surface area contributed by atoms with E-state index in [0.29, 0.717) is 18.8 Å². The van der Waals surface area contributed by atoms with Crippen molar-refractivity contribution >= 4 is 0 Å². The van der Waals surface area contributed by atoms with E-state index < -0.39 is 18.5 Å². The van der Waals surface area contributed by atoms with Gasteiger partial charge in [0.25, 0.3) is 0 Å². The molecule has 2 unspecified atom stereocenters. The molecular weight excluding hydrogens is 220 g/mol. The van der Waals surface area contributed by atoms with Crippen LogP contribution in [0.5, 0.6) is 0 Å². The Morgan fingerprint density at radius 1 is 1.00 bits per heavy atom. The summed E-state index contributed by atoms with van der Waals surface area (Å²) in [6.45, 7) is 4.47. The molecule has 96 valence electrons. The molecule has 1 rings (SSSR count). The first-order chi connectivity index (χ1) is 8.20. The monoisotopic (exact) mass is 240 g/mol. The quantitative estimate of drug-likeness (QED) is 0.709. The van der Waals surface area contributed by atoms with Gasteiger partial charge in [0, 0.05) is 13.2 Å². The lowest BCUT2D eigenvalue weighted by molar-refractivity contribution is -0.212. The summed E-state index contributed by atoms with van der Waals surface area (Å²) in [5, 5.41) is 20.0. The van der Waals surface area contributed by atoms with Gasteiger partial charge in [-0.05, 0) is 19.4 Å². The zero-order valence-corrected chi connectivity index (χ0v) is 10.2. The van der Waals surface area contributed by atoms with E-state index in [1.54, 1.807) is 12.1 Å². The Balaban J connectivity index is 2.69. The lowest BCUT2D eigenvalue weighted by atomic mass is 10.0. The van der Waals surface area contributed by atoms with Crippen molar-refractivity contribution in [3.05, 3.63) is 35.9 Å². The molecule has 2 atom stereocenters. The van der Waals surface area contributed by atoms with Crippen molar-refractivity contribution in [2.24, 2.45) is 0 Å². The van der Waals surface area contributed by atoms with Crippen LogP contribution in [-0.4, -0.2) is 35.8 Å². The maximum Gasteiger partial charge on any atom is 0.186 e. The normalized spacial score (nSPS) is 14.9. The second kappa shape index (κ2) is 7.40. The molecule has 0 heterocycles.